The molecule has 0 amide bonds. The van der Waals surface area contributed by atoms with Crippen molar-refractivity contribution in [3.05, 3.63) is 23.3 Å². The molecule has 2 rings (SSSR count). The molecular weight excluding hydrogens is 292 g/mol. The van der Waals surface area contributed by atoms with Crippen LogP contribution in [0.5, 0.6) is 0 Å². The minimum Gasteiger partial charge on any atom is -0.385 e. The van der Waals surface area contributed by atoms with Gasteiger partial charge >= 0.3 is 0 Å². The maximum atomic E-state index is 12.6. The third-order valence-corrected chi connectivity index (χ3v) is 6.35. The molecule has 0 saturated carbocycles. The Kier molecular flexibility index (Phi) is 4.99. The standard InChI is InChI=1S/C14H22N2O2S2/c1-4-15-13-7-10(2)14(11(3)8-13)20(17,18)16-12-5-6-19-9-12/h7-8,12,15-16H,4-6,9H2,1-3H3. The second kappa shape index (κ2) is 6.37. The summed E-state index contributed by atoms with van der Waals surface area (Å²) in [5, 5.41) is 3.22. The Morgan fingerprint density at radius 2 is 1.95 bits per heavy atom. The topological polar surface area (TPSA) is 58.2 Å². The van der Waals surface area contributed by atoms with Gasteiger partial charge in [0.1, 0.15) is 0 Å². The number of thioether (sulfide) groups is 1. The molecule has 1 aromatic carbocycles. The first kappa shape index (κ1) is 15.7. The zero-order valence-electron chi connectivity index (χ0n) is 12.2. The van der Waals surface area contributed by atoms with Gasteiger partial charge in [0.25, 0.3) is 0 Å². The molecule has 4 nitrogen and oxygen atoms in total. The summed E-state index contributed by atoms with van der Waals surface area (Å²) in [6.07, 6.45) is 0.914. The zero-order valence-corrected chi connectivity index (χ0v) is 13.8. The average molecular weight is 314 g/mol. The Morgan fingerprint density at radius 3 is 2.45 bits per heavy atom. The Morgan fingerprint density at radius 1 is 1.30 bits per heavy atom. The van der Waals surface area contributed by atoms with Gasteiger partial charge in [0.15, 0.2) is 0 Å². The Bertz CT molecular complexity index is 556. The highest BCUT2D eigenvalue weighted by molar-refractivity contribution is 7.99. The van der Waals surface area contributed by atoms with E-state index in [2.05, 4.69) is 10.0 Å². The van der Waals surface area contributed by atoms with Crippen molar-refractivity contribution in [2.75, 3.05) is 23.4 Å². The van der Waals surface area contributed by atoms with Gasteiger partial charge in [-0.05, 0) is 56.2 Å². The van der Waals surface area contributed by atoms with Crippen LogP contribution in [0, 0.1) is 13.8 Å². The lowest BCUT2D eigenvalue weighted by Crippen LogP contribution is -2.35. The molecule has 1 unspecified atom stereocenters. The normalized spacial score (nSPS) is 19.2. The number of aryl methyl sites for hydroxylation is 2. The van der Waals surface area contributed by atoms with Crippen LogP contribution in [0.2, 0.25) is 0 Å². The molecule has 0 aliphatic carbocycles. The van der Waals surface area contributed by atoms with E-state index in [1.54, 1.807) is 11.8 Å². The van der Waals surface area contributed by atoms with E-state index in [0.717, 1.165) is 41.3 Å². The fraction of sp³-hybridized carbons (Fsp3) is 0.571. The first-order valence-corrected chi connectivity index (χ1v) is 9.53. The van der Waals surface area contributed by atoms with Crippen LogP contribution in [0.1, 0.15) is 24.5 Å². The van der Waals surface area contributed by atoms with Crippen molar-refractivity contribution in [2.24, 2.45) is 0 Å². The lowest BCUT2D eigenvalue weighted by molar-refractivity contribution is 0.562. The van der Waals surface area contributed by atoms with Gasteiger partial charge in [0.05, 0.1) is 4.90 Å². The van der Waals surface area contributed by atoms with Gasteiger partial charge in [-0.1, -0.05) is 0 Å². The molecule has 0 bridgehead atoms. The molecule has 1 heterocycles. The average Bonchev–Trinajstić information content (AvgIpc) is 2.79. The highest BCUT2D eigenvalue weighted by Crippen LogP contribution is 2.26. The van der Waals surface area contributed by atoms with Gasteiger partial charge in [-0.2, -0.15) is 11.8 Å². The molecule has 20 heavy (non-hydrogen) atoms. The van der Waals surface area contributed by atoms with Crippen LogP contribution >= 0.6 is 11.8 Å². The molecule has 0 spiro atoms. The molecule has 2 N–H and O–H groups in total. The molecule has 1 aliphatic heterocycles. The van der Waals surface area contributed by atoms with Crippen molar-refractivity contribution in [2.45, 2.75) is 38.1 Å². The van der Waals surface area contributed by atoms with Gasteiger partial charge in [0.2, 0.25) is 10.0 Å². The van der Waals surface area contributed by atoms with E-state index < -0.39 is 10.0 Å². The monoisotopic (exact) mass is 314 g/mol. The summed E-state index contributed by atoms with van der Waals surface area (Å²) in [4.78, 5) is 0.427. The predicted octanol–water partition coefficient (Wildman–Crippen LogP) is 2.52. The van der Waals surface area contributed by atoms with Crippen LogP contribution in [-0.2, 0) is 10.0 Å². The fourth-order valence-electron chi connectivity index (χ4n) is 2.59. The summed E-state index contributed by atoms with van der Waals surface area (Å²) >= 11 is 1.80. The van der Waals surface area contributed by atoms with E-state index in [4.69, 9.17) is 0 Å². The summed E-state index contributed by atoms with van der Waals surface area (Å²) in [6.45, 7) is 6.55. The molecular formula is C14H22N2O2S2. The number of anilines is 1. The van der Waals surface area contributed by atoms with Gasteiger partial charge < -0.3 is 5.32 Å². The summed E-state index contributed by atoms with van der Waals surface area (Å²) in [7, 11) is -3.43. The lowest BCUT2D eigenvalue weighted by atomic mass is 10.1. The molecule has 6 heteroatoms. The van der Waals surface area contributed by atoms with Crippen molar-refractivity contribution in [1.29, 1.82) is 0 Å². The van der Waals surface area contributed by atoms with E-state index in [-0.39, 0.29) is 6.04 Å². The SMILES string of the molecule is CCNc1cc(C)c(S(=O)(=O)NC2CCSC2)c(C)c1. The first-order valence-electron chi connectivity index (χ1n) is 6.89. The van der Waals surface area contributed by atoms with Crippen LogP contribution in [0.3, 0.4) is 0 Å². The summed E-state index contributed by atoms with van der Waals surface area (Å²) in [5.41, 5.74) is 2.55. The second-order valence-corrected chi connectivity index (χ2v) is 7.95. The third kappa shape index (κ3) is 3.48. The molecule has 112 valence electrons. The van der Waals surface area contributed by atoms with E-state index >= 15 is 0 Å². The van der Waals surface area contributed by atoms with Crippen molar-refractivity contribution in [1.82, 2.24) is 4.72 Å². The third-order valence-electron chi connectivity index (χ3n) is 3.36. The highest BCUT2D eigenvalue weighted by Gasteiger charge is 2.26. The number of nitrogens with one attached hydrogen (secondary N) is 2. The van der Waals surface area contributed by atoms with Gasteiger partial charge in [0, 0.05) is 24.0 Å². The Labute approximate surface area is 125 Å². The Hall–Kier alpha value is -0.720. The van der Waals surface area contributed by atoms with Crippen molar-refractivity contribution >= 4 is 27.5 Å². The summed E-state index contributed by atoms with van der Waals surface area (Å²) in [6, 6.07) is 3.86. The number of benzene rings is 1. The number of hydrogen-bond donors (Lipinski definition) is 2. The zero-order chi connectivity index (χ0) is 14.8. The molecule has 1 fully saturated rings. The van der Waals surface area contributed by atoms with E-state index in [0.29, 0.717) is 4.90 Å². The second-order valence-electron chi connectivity index (χ2n) is 5.15. The van der Waals surface area contributed by atoms with E-state index in [9.17, 15) is 8.42 Å². The maximum Gasteiger partial charge on any atom is 0.241 e. The summed E-state index contributed by atoms with van der Waals surface area (Å²) in [5.74, 6) is 1.90. The predicted molar refractivity (Wildman–Crippen MR) is 86.1 cm³/mol. The van der Waals surface area contributed by atoms with Crippen molar-refractivity contribution < 1.29 is 8.42 Å². The van der Waals surface area contributed by atoms with Gasteiger partial charge in [-0.25, -0.2) is 13.1 Å². The van der Waals surface area contributed by atoms with Crippen LogP contribution in [0.4, 0.5) is 5.69 Å². The summed E-state index contributed by atoms with van der Waals surface area (Å²) < 4.78 is 28.0. The van der Waals surface area contributed by atoms with Gasteiger partial charge in [-0.15, -0.1) is 0 Å². The van der Waals surface area contributed by atoms with Crippen LogP contribution in [0.25, 0.3) is 0 Å². The number of hydrogen-bond acceptors (Lipinski definition) is 4. The molecule has 1 saturated heterocycles. The minimum absolute atomic E-state index is 0.0669. The fourth-order valence-corrected chi connectivity index (χ4v) is 5.57. The molecule has 1 atom stereocenters. The molecule has 0 radical (unpaired) electrons. The highest BCUT2D eigenvalue weighted by atomic mass is 32.2. The van der Waals surface area contributed by atoms with Crippen LogP contribution in [0.15, 0.2) is 17.0 Å². The largest absolute Gasteiger partial charge is 0.385 e. The van der Waals surface area contributed by atoms with E-state index in [1.165, 1.54) is 0 Å². The van der Waals surface area contributed by atoms with Crippen LogP contribution < -0.4 is 10.0 Å². The first-order chi connectivity index (χ1) is 9.44. The van der Waals surface area contributed by atoms with Crippen molar-refractivity contribution in [3.8, 4) is 0 Å². The number of rotatable bonds is 5. The smallest absolute Gasteiger partial charge is 0.241 e. The number of sulfonamides is 1. The van der Waals surface area contributed by atoms with Crippen molar-refractivity contribution in [3.63, 3.8) is 0 Å². The quantitative estimate of drug-likeness (QED) is 0.877. The van der Waals surface area contributed by atoms with Crippen LogP contribution in [-0.4, -0.2) is 32.5 Å². The Balaban J connectivity index is 2.30. The molecule has 1 aromatic rings. The van der Waals surface area contributed by atoms with E-state index in [1.807, 2.05) is 32.9 Å². The minimum atomic E-state index is -3.43. The molecule has 0 aromatic heterocycles. The lowest BCUT2D eigenvalue weighted by Gasteiger charge is -2.17. The maximum absolute atomic E-state index is 12.6. The molecule has 1 aliphatic rings. The van der Waals surface area contributed by atoms with Gasteiger partial charge in [-0.3, -0.25) is 0 Å².